The maximum absolute atomic E-state index is 11.9. The van der Waals surface area contributed by atoms with Crippen molar-refractivity contribution in [3.05, 3.63) is 23.8 Å². The van der Waals surface area contributed by atoms with Gasteiger partial charge in [0.05, 0.1) is 25.5 Å². The van der Waals surface area contributed by atoms with Crippen molar-refractivity contribution >= 4 is 33.5 Å². The van der Waals surface area contributed by atoms with E-state index in [1.165, 1.54) is 14.2 Å². The van der Waals surface area contributed by atoms with E-state index in [2.05, 4.69) is 20.7 Å². The van der Waals surface area contributed by atoms with Crippen molar-refractivity contribution in [1.29, 1.82) is 0 Å². The van der Waals surface area contributed by atoms with Crippen molar-refractivity contribution in [2.75, 3.05) is 25.7 Å². The van der Waals surface area contributed by atoms with Crippen LogP contribution in [0.3, 0.4) is 0 Å². The Morgan fingerprint density at radius 1 is 1.42 bits per heavy atom. The van der Waals surface area contributed by atoms with Gasteiger partial charge in [0.25, 0.3) is 0 Å². The summed E-state index contributed by atoms with van der Waals surface area (Å²) >= 11 is 3.43. The summed E-state index contributed by atoms with van der Waals surface area (Å²) in [6.45, 7) is 0.555. The second-order valence-corrected chi connectivity index (χ2v) is 5.48. The quantitative estimate of drug-likeness (QED) is 0.629. The number of hydrogen-bond donors (Lipinski definition) is 0. The van der Waals surface area contributed by atoms with Gasteiger partial charge in [-0.25, -0.2) is 4.79 Å². The lowest BCUT2D eigenvalue weighted by Crippen LogP contribution is -2.25. The third-order valence-corrected chi connectivity index (χ3v) is 3.58. The van der Waals surface area contributed by atoms with E-state index in [0.29, 0.717) is 30.0 Å². The van der Waals surface area contributed by atoms with Gasteiger partial charge in [-0.1, -0.05) is 15.9 Å². The highest BCUT2D eigenvalue weighted by Crippen LogP contribution is 2.34. The first-order valence-corrected chi connectivity index (χ1v) is 6.69. The van der Waals surface area contributed by atoms with Crippen molar-refractivity contribution in [1.82, 2.24) is 0 Å². The summed E-state index contributed by atoms with van der Waals surface area (Å²) in [5.74, 6) is 0.121. The highest BCUT2D eigenvalue weighted by molar-refractivity contribution is 9.09. The average Bonchev–Trinajstić information content (AvgIpc) is 2.76. The average molecular weight is 328 g/mol. The second kappa shape index (κ2) is 5.61. The van der Waals surface area contributed by atoms with E-state index < -0.39 is 5.97 Å². The molecular weight excluding hydrogens is 314 g/mol. The zero-order valence-corrected chi connectivity index (χ0v) is 12.3. The molecule has 0 bridgehead atoms. The van der Waals surface area contributed by atoms with E-state index >= 15 is 0 Å². The molecule has 1 heterocycles. The lowest BCUT2D eigenvalue weighted by Gasteiger charge is -2.19. The number of anilines is 1. The molecule has 1 aromatic carbocycles. The number of benzene rings is 1. The Hall–Kier alpha value is -1.56. The molecule has 1 aliphatic heterocycles. The van der Waals surface area contributed by atoms with E-state index in [9.17, 15) is 9.59 Å². The topological polar surface area (TPSA) is 55.8 Å². The number of amides is 1. The standard InChI is InChI=1S/C13H14BrNO4/c1-18-11-4-3-8(13(17)19-2)5-10(11)15-7-9(14)6-12(15)16/h3-5,9H,6-7H2,1-2H3. The molecule has 5 nitrogen and oxygen atoms in total. The fourth-order valence-electron chi connectivity index (χ4n) is 2.04. The largest absolute Gasteiger partial charge is 0.495 e. The Bertz CT molecular complexity index is 517. The highest BCUT2D eigenvalue weighted by atomic mass is 79.9. The van der Waals surface area contributed by atoms with Gasteiger partial charge in [-0.3, -0.25) is 4.79 Å². The molecule has 1 saturated heterocycles. The van der Waals surface area contributed by atoms with Crippen LogP contribution in [0.15, 0.2) is 18.2 Å². The van der Waals surface area contributed by atoms with Crippen LogP contribution in [0.25, 0.3) is 0 Å². The highest BCUT2D eigenvalue weighted by Gasteiger charge is 2.31. The number of alkyl halides is 1. The lowest BCUT2D eigenvalue weighted by molar-refractivity contribution is -0.117. The van der Waals surface area contributed by atoms with Gasteiger partial charge in [-0.15, -0.1) is 0 Å². The van der Waals surface area contributed by atoms with Crippen molar-refractivity contribution < 1.29 is 19.1 Å². The molecule has 1 unspecified atom stereocenters. The molecule has 19 heavy (non-hydrogen) atoms. The van der Waals surface area contributed by atoms with Crippen LogP contribution in [0, 0.1) is 0 Å². The summed E-state index contributed by atoms with van der Waals surface area (Å²) < 4.78 is 9.93. The molecular formula is C13H14BrNO4. The number of carbonyl (C=O) groups excluding carboxylic acids is 2. The van der Waals surface area contributed by atoms with E-state index in [1.54, 1.807) is 23.1 Å². The zero-order valence-electron chi connectivity index (χ0n) is 10.7. The van der Waals surface area contributed by atoms with Gasteiger partial charge in [-0.05, 0) is 18.2 Å². The molecule has 0 saturated carbocycles. The predicted molar refractivity (Wildman–Crippen MR) is 74.0 cm³/mol. The normalized spacial score (nSPS) is 18.6. The molecule has 1 fully saturated rings. The summed E-state index contributed by atoms with van der Waals surface area (Å²) in [5, 5.41) is 0. The summed E-state index contributed by atoms with van der Waals surface area (Å²) in [5.41, 5.74) is 0.987. The smallest absolute Gasteiger partial charge is 0.337 e. The van der Waals surface area contributed by atoms with Crippen LogP contribution in [-0.4, -0.2) is 37.5 Å². The molecule has 1 aromatic rings. The van der Waals surface area contributed by atoms with Crippen molar-refractivity contribution in [3.8, 4) is 5.75 Å². The number of ether oxygens (including phenoxy) is 2. The van der Waals surface area contributed by atoms with Crippen LogP contribution in [0.5, 0.6) is 5.75 Å². The van der Waals surface area contributed by atoms with Crippen molar-refractivity contribution in [2.24, 2.45) is 0 Å². The van der Waals surface area contributed by atoms with Crippen LogP contribution in [0.4, 0.5) is 5.69 Å². The fourth-order valence-corrected chi connectivity index (χ4v) is 2.61. The molecule has 6 heteroatoms. The maximum atomic E-state index is 11.9. The van der Waals surface area contributed by atoms with E-state index in [0.717, 1.165) is 0 Å². The van der Waals surface area contributed by atoms with Gasteiger partial charge in [-0.2, -0.15) is 0 Å². The second-order valence-electron chi connectivity index (χ2n) is 4.18. The number of esters is 1. The van der Waals surface area contributed by atoms with Crippen LogP contribution in [0.2, 0.25) is 0 Å². The minimum atomic E-state index is -0.439. The van der Waals surface area contributed by atoms with Crippen LogP contribution in [0.1, 0.15) is 16.8 Å². The Morgan fingerprint density at radius 3 is 2.68 bits per heavy atom. The molecule has 1 aliphatic rings. The monoisotopic (exact) mass is 327 g/mol. The van der Waals surface area contributed by atoms with Gasteiger partial charge in [0.1, 0.15) is 5.75 Å². The number of rotatable bonds is 3. The summed E-state index contributed by atoms with van der Waals surface area (Å²) in [6.07, 6.45) is 0.436. The van der Waals surface area contributed by atoms with Crippen molar-refractivity contribution in [3.63, 3.8) is 0 Å². The van der Waals surface area contributed by atoms with Crippen molar-refractivity contribution in [2.45, 2.75) is 11.2 Å². The molecule has 2 rings (SSSR count). The number of hydrogen-bond acceptors (Lipinski definition) is 4. The van der Waals surface area contributed by atoms with E-state index in [4.69, 9.17) is 4.74 Å². The maximum Gasteiger partial charge on any atom is 0.337 e. The van der Waals surface area contributed by atoms with Crippen LogP contribution < -0.4 is 9.64 Å². The first kappa shape index (κ1) is 13.9. The fraction of sp³-hybridized carbons (Fsp3) is 0.385. The molecule has 1 amide bonds. The van der Waals surface area contributed by atoms with Gasteiger partial charge in [0, 0.05) is 17.8 Å². The van der Waals surface area contributed by atoms with Gasteiger partial charge < -0.3 is 14.4 Å². The minimum absolute atomic E-state index is 0.00203. The number of halogens is 1. The third-order valence-electron chi connectivity index (χ3n) is 2.97. The Kier molecular flexibility index (Phi) is 4.09. The molecule has 0 aliphatic carbocycles. The first-order chi connectivity index (χ1) is 9.06. The molecule has 1 atom stereocenters. The van der Waals surface area contributed by atoms with Gasteiger partial charge >= 0.3 is 5.97 Å². The number of methoxy groups -OCH3 is 2. The lowest BCUT2D eigenvalue weighted by atomic mass is 10.1. The number of carbonyl (C=O) groups is 2. The summed E-state index contributed by atoms with van der Waals surface area (Å²) in [7, 11) is 2.85. The third kappa shape index (κ3) is 2.73. The van der Waals surface area contributed by atoms with Gasteiger partial charge in [0.2, 0.25) is 5.91 Å². The van der Waals surface area contributed by atoms with Gasteiger partial charge in [0.15, 0.2) is 0 Å². The summed E-state index contributed by atoms with van der Waals surface area (Å²) in [6, 6.07) is 4.89. The molecule has 102 valence electrons. The molecule has 0 aromatic heterocycles. The van der Waals surface area contributed by atoms with Crippen LogP contribution in [-0.2, 0) is 9.53 Å². The first-order valence-electron chi connectivity index (χ1n) is 5.77. The van der Waals surface area contributed by atoms with E-state index in [-0.39, 0.29) is 10.7 Å². The van der Waals surface area contributed by atoms with Crippen LogP contribution >= 0.6 is 15.9 Å². The molecule has 0 N–H and O–H groups in total. The Labute approximate surface area is 119 Å². The Balaban J connectivity index is 2.42. The number of nitrogens with zero attached hydrogens (tertiary/aromatic N) is 1. The molecule has 0 spiro atoms. The predicted octanol–water partition coefficient (Wildman–Crippen LogP) is 1.98. The SMILES string of the molecule is COC(=O)c1ccc(OC)c(N2CC(Br)CC2=O)c1. The molecule has 0 radical (unpaired) electrons. The minimum Gasteiger partial charge on any atom is -0.495 e. The Morgan fingerprint density at radius 2 is 2.16 bits per heavy atom. The zero-order chi connectivity index (χ0) is 14.0. The van der Waals surface area contributed by atoms with E-state index in [1.807, 2.05) is 0 Å². The summed E-state index contributed by atoms with van der Waals surface area (Å²) in [4.78, 5) is 25.2.